The highest BCUT2D eigenvalue weighted by molar-refractivity contribution is 6.01. The van der Waals surface area contributed by atoms with Crippen molar-refractivity contribution in [3.63, 3.8) is 0 Å². The Hall–Kier alpha value is -3.55. The number of esters is 1. The maximum atomic E-state index is 12.4. The molecule has 1 heterocycles. The number of hydrogen-bond donors (Lipinski definition) is 1. The second-order valence-electron chi connectivity index (χ2n) is 6.47. The standard InChI is InChI=1S/C21H22N2O6/c1-27-16-8-9-17(18(11-16)28-2)23-12-14(10-20(23)25)21(26)29-13-19(24)22-15-6-4-3-5-7-15/h3-9,11,14H,10,12-13H2,1-2H3,(H,22,24)/t14-/m1/s1. The molecule has 1 aliphatic rings. The van der Waals surface area contributed by atoms with Gasteiger partial charge in [-0.2, -0.15) is 0 Å². The SMILES string of the molecule is COc1ccc(N2C[C@H](C(=O)OCC(=O)Nc3ccccc3)CC2=O)c(OC)c1. The highest BCUT2D eigenvalue weighted by Crippen LogP contribution is 2.36. The van der Waals surface area contributed by atoms with Crippen LogP contribution in [0.5, 0.6) is 11.5 Å². The minimum Gasteiger partial charge on any atom is -0.497 e. The van der Waals surface area contributed by atoms with Crippen LogP contribution in [0.1, 0.15) is 6.42 Å². The zero-order valence-electron chi connectivity index (χ0n) is 16.2. The number of ether oxygens (including phenoxy) is 3. The van der Waals surface area contributed by atoms with Crippen molar-refractivity contribution < 1.29 is 28.6 Å². The number of amides is 2. The normalized spacial score (nSPS) is 15.7. The van der Waals surface area contributed by atoms with Crippen LogP contribution in [0.2, 0.25) is 0 Å². The van der Waals surface area contributed by atoms with Gasteiger partial charge in [-0.25, -0.2) is 0 Å². The average Bonchev–Trinajstić information content (AvgIpc) is 3.13. The predicted octanol–water partition coefficient (Wildman–Crippen LogP) is 2.24. The number of rotatable bonds is 7. The van der Waals surface area contributed by atoms with Gasteiger partial charge in [-0.3, -0.25) is 14.4 Å². The van der Waals surface area contributed by atoms with Crippen LogP contribution in [0.15, 0.2) is 48.5 Å². The number of carbonyl (C=O) groups excluding carboxylic acids is 3. The third-order valence-corrected chi connectivity index (χ3v) is 4.54. The van der Waals surface area contributed by atoms with E-state index in [1.807, 2.05) is 6.07 Å². The Morgan fingerprint density at radius 3 is 2.55 bits per heavy atom. The first-order valence-corrected chi connectivity index (χ1v) is 9.05. The van der Waals surface area contributed by atoms with Crippen molar-refractivity contribution in [2.45, 2.75) is 6.42 Å². The largest absolute Gasteiger partial charge is 0.497 e. The number of carbonyl (C=O) groups is 3. The van der Waals surface area contributed by atoms with Gasteiger partial charge in [-0.05, 0) is 24.3 Å². The van der Waals surface area contributed by atoms with E-state index in [0.29, 0.717) is 22.9 Å². The molecule has 3 rings (SSSR count). The van der Waals surface area contributed by atoms with E-state index in [-0.39, 0.29) is 18.9 Å². The van der Waals surface area contributed by atoms with Gasteiger partial charge >= 0.3 is 5.97 Å². The van der Waals surface area contributed by atoms with Crippen LogP contribution >= 0.6 is 0 Å². The summed E-state index contributed by atoms with van der Waals surface area (Å²) in [5.41, 5.74) is 1.16. The van der Waals surface area contributed by atoms with Crippen LogP contribution in [-0.2, 0) is 19.1 Å². The summed E-state index contributed by atoms with van der Waals surface area (Å²) in [5, 5.41) is 2.64. The van der Waals surface area contributed by atoms with Crippen molar-refractivity contribution in [3.8, 4) is 11.5 Å². The van der Waals surface area contributed by atoms with Crippen LogP contribution in [0.25, 0.3) is 0 Å². The van der Waals surface area contributed by atoms with E-state index in [2.05, 4.69) is 5.32 Å². The second kappa shape index (κ2) is 9.09. The van der Waals surface area contributed by atoms with Gasteiger partial charge in [0.05, 0.1) is 25.8 Å². The number of anilines is 2. The lowest BCUT2D eigenvalue weighted by Gasteiger charge is -2.20. The fourth-order valence-electron chi connectivity index (χ4n) is 3.08. The summed E-state index contributed by atoms with van der Waals surface area (Å²) >= 11 is 0. The lowest BCUT2D eigenvalue weighted by Crippen LogP contribution is -2.28. The first-order valence-electron chi connectivity index (χ1n) is 9.05. The molecule has 0 aromatic heterocycles. The number of benzene rings is 2. The molecule has 8 nitrogen and oxygen atoms in total. The van der Waals surface area contributed by atoms with E-state index < -0.39 is 24.4 Å². The lowest BCUT2D eigenvalue weighted by molar-refractivity contribution is -0.151. The van der Waals surface area contributed by atoms with Gasteiger partial charge in [0.2, 0.25) is 5.91 Å². The first-order chi connectivity index (χ1) is 14.0. The topological polar surface area (TPSA) is 94.2 Å². The average molecular weight is 398 g/mol. The van der Waals surface area contributed by atoms with E-state index in [1.54, 1.807) is 42.5 Å². The summed E-state index contributed by atoms with van der Waals surface area (Å²) < 4.78 is 15.6. The lowest BCUT2D eigenvalue weighted by atomic mass is 10.1. The van der Waals surface area contributed by atoms with Gasteiger partial charge in [-0.15, -0.1) is 0 Å². The van der Waals surface area contributed by atoms with Crippen LogP contribution in [-0.4, -0.2) is 45.2 Å². The summed E-state index contributed by atoms with van der Waals surface area (Å²) in [6.07, 6.45) is 0.00826. The molecular formula is C21H22N2O6. The van der Waals surface area contributed by atoms with Gasteiger partial charge in [0.15, 0.2) is 6.61 Å². The molecule has 1 atom stereocenters. The Bertz CT molecular complexity index is 899. The minimum atomic E-state index is -0.654. The summed E-state index contributed by atoms with van der Waals surface area (Å²) in [5.74, 6) is -0.839. The number of nitrogens with one attached hydrogen (secondary N) is 1. The monoisotopic (exact) mass is 398 g/mol. The molecule has 29 heavy (non-hydrogen) atoms. The van der Waals surface area contributed by atoms with Crippen molar-refractivity contribution in [2.24, 2.45) is 5.92 Å². The fraction of sp³-hybridized carbons (Fsp3) is 0.286. The van der Waals surface area contributed by atoms with Gasteiger partial charge in [0, 0.05) is 24.7 Å². The molecule has 1 aliphatic heterocycles. The van der Waals surface area contributed by atoms with Crippen molar-refractivity contribution >= 4 is 29.2 Å². The van der Waals surface area contributed by atoms with Crippen molar-refractivity contribution in [1.29, 1.82) is 0 Å². The Balaban J connectivity index is 1.58. The molecular weight excluding hydrogens is 376 g/mol. The number of para-hydroxylation sites is 1. The number of hydrogen-bond acceptors (Lipinski definition) is 6. The zero-order valence-corrected chi connectivity index (χ0v) is 16.2. The molecule has 1 saturated heterocycles. The molecule has 0 unspecified atom stereocenters. The predicted molar refractivity (Wildman–Crippen MR) is 106 cm³/mol. The Kier molecular flexibility index (Phi) is 6.33. The maximum absolute atomic E-state index is 12.4. The van der Waals surface area contributed by atoms with Crippen molar-refractivity contribution in [1.82, 2.24) is 0 Å². The molecule has 8 heteroatoms. The van der Waals surface area contributed by atoms with E-state index in [0.717, 1.165) is 0 Å². The maximum Gasteiger partial charge on any atom is 0.311 e. The first kappa shape index (κ1) is 20.2. The highest BCUT2D eigenvalue weighted by Gasteiger charge is 2.37. The minimum absolute atomic E-state index is 0.00826. The smallest absolute Gasteiger partial charge is 0.311 e. The molecule has 0 saturated carbocycles. The van der Waals surface area contributed by atoms with Crippen LogP contribution < -0.4 is 19.7 Å². The van der Waals surface area contributed by atoms with Crippen LogP contribution in [0.4, 0.5) is 11.4 Å². The van der Waals surface area contributed by atoms with E-state index >= 15 is 0 Å². The van der Waals surface area contributed by atoms with Crippen molar-refractivity contribution in [3.05, 3.63) is 48.5 Å². The molecule has 0 aliphatic carbocycles. The molecule has 2 aromatic rings. The molecule has 0 radical (unpaired) electrons. The third-order valence-electron chi connectivity index (χ3n) is 4.54. The van der Waals surface area contributed by atoms with Crippen LogP contribution in [0, 0.1) is 5.92 Å². The molecule has 152 valence electrons. The summed E-state index contributed by atoms with van der Waals surface area (Å²) in [6.45, 7) is -0.259. The molecule has 0 bridgehead atoms. The van der Waals surface area contributed by atoms with E-state index in [4.69, 9.17) is 14.2 Å². The zero-order chi connectivity index (χ0) is 20.8. The van der Waals surface area contributed by atoms with E-state index in [9.17, 15) is 14.4 Å². The highest BCUT2D eigenvalue weighted by atomic mass is 16.5. The molecule has 2 amide bonds. The second-order valence-corrected chi connectivity index (χ2v) is 6.47. The molecule has 0 spiro atoms. The third kappa shape index (κ3) is 4.84. The summed E-state index contributed by atoms with van der Waals surface area (Å²) in [7, 11) is 3.03. The Morgan fingerprint density at radius 1 is 1.10 bits per heavy atom. The molecule has 1 fully saturated rings. The van der Waals surface area contributed by atoms with Crippen molar-refractivity contribution in [2.75, 3.05) is 37.6 Å². The quantitative estimate of drug-likeness (QED) is 0.719. The Labute approximate surface area is 168 Å². The van der Waals surface area contributed by atoms with Gasteiger partial charge < -0.3 is 24.4 Å². The van der Waals surface area contributed by atoms with Gasteiger partial charge in [0.25, 0.3) is 5.91 Å². The summed E-state index contributed by atoms with van der Waals surface area (Å²) in [4.78, 5) is 38.2. The van der Waals surface area contributed by atoms with E-state index in [1.165, 1.54) is 19.1 Å². The molecule has 1 N–H and O–H groups in total. The molecule has 2 aromatic carbocycles. The van der Waals surface area contributed by atoms with Crippen LogP contribution in [0.3, 0.4) is 0 Å². The number of methoxy groups -OCH3 is 2. The van der Waals surface area contributed by atoms with Gasteiger partial charge in [-0.1, -0.05) is 18.2 Å². The fourth-order valence-corrected chi connectivity index (χ4v) is 3.08. The Morgan fingerprint density at radius 2 is 1.86 bits per heavy atom. The number of nitrogens with zero attached hydrogens (tertiary/aromatic N) is 1. The van der Waals surface area contributed by atoms with Gasteiger partial charge in [0.1, 0.15) is 11.5 Å². The summed E-state index contributed by atoms with van der Waals surface area (Å²) in [6, 6.07) is 14.0.